The molecule has 1 heterocycles. The van der Waals surface area contributed by atoms with Crippen molar-refractivity contribution in [2.24, 2.45) is 0 Å². The molecular weight excluding hydrogens is 253 g/mol. The Hall–Kier alpha value is -2.04. The van der Waals surface area contributed by atoms with Gasteiger partial charge in [-0.25, -0.2) is 0 Å². The van der Waals surface area contributed by atoms with Crippen molar-refractivity contribution in [1.82, 2.24) is 4.98 Å². The topological polar surface area (TPSA) is 24.9 Å². The molecular formula is C14H13F3N2. The first-order valence-corrected chi connectivity index (χ1v) is 5.79. The van der Waals surface area contributed by atoms with Gasteiger partial charge in [-0.15, -0.1) is 0 Å². The van der Waals surface area contributed by atoms with E-state index in [1.54, 1.807) is 6.07 Å². The molecule has 2 aromatic rings. The molecule has 0 radical (unpaired) electrons. The third kappa shape index (κ3) is 3.71. The van der Waals surface area contributed by atoms with Crippen LogP contribution in [0.2, 0.25) is 0 Å². The van der Waals surface area contributed by atoms with Gasteiger partial charge in [0.1, 0.15) is 0 Å². The van der Waals surface area contributed by atoms with Crippen LogP contribution in [-0.2, 0) is 12.7 Å². The van der Waals surface area contributed by atoms with Crippen molar-refractivity contribution >= 4 is 5.69 Å². The summed E-state index contributed by atoms with van der Waals surface area (Å²) in [5.41, 5.74) is 1.44. The summed E-state index contributed by atoms with van der Waals surface area (Å²) in [6.45, 7) is 2.26. The van der Waals surface area contributed by atoms with Crippen LogP contribution in [0.25, 0.3) is 0 Å². The maximum atomic E-state index is 12.5. The number of hydrogen-bond donors (Lipinski definition) is 1. The summed E-state index contributed by atoms with van der Waals surface area (Å²) >= 11 is 0. The highest BCUT2D eigenvalue weighted by atomic mass is 19.4. The van der Waals surface area contributed by atoms with Crippen LogP contribution in [0.4, 0.5) is 18.9 Å². The minimum absolute atomic E-state index is 0.392. The fraction of sp³-hybridized carbons (Fsp3) is 0.214. The third-order valence-electron chi connectivity index (χ3n) is 2.61. The van der Waals surface area contributed by atoms with Crippen LogP contribution < -0.4 is 5.32 Å². The zero-order valence-corrected chi connectivity index (χ0v) is 10.3. The highest BCUT2D eigenvalue weighted by Crippen LogP contribution is 2.30. The first-order valence-electron chi connectivity index (χ1n) is 5.79. The van der Waals surface area contributed by atoms with E-state index in [0.29, 0.717) is 12.2 Å². The molecule has 1 aromatic carbocycles. The van der Waals surface area contributed by atoms with Gasteiger partial charge in [-0.3, -0.25) is 4.98 Å². The van der Waals surface area contributed by atoms with Gasteiger partial charge in [0.05, 0.1) is 17.8 Å². The van der Waals surface area contributed by atoms with Gasteiger partial charge in [-0.2, -0.15) is 13.2 Å². The molecule has 0 aliphatic carbocycles. The van der Waals surface area contributed by atoms with Crippen molar-refractivity contribution in [3.63, 3.8) is 0 Å². The normalized spacial score (nSPS) is 11.4. The van der Waals surface area contributed by atoms with Crippen LogP contribution in [0.3, 0.4) is 0 Å². The van der Waals surface area contributed by atoms with Gasteiger partial charge in [-0.1, -0.05) is 12.1 Å². The number of rotatable bonds is 3. The van der Waals surface area contributed by atoms with Crippen LogP contribution in [-0.4, -0.2) is 4.98 Å². The minimum atomic E-state index is -4.32. The molecule has 1 N–H and O–H groups in total. The second-order valence-corrected chi connectivity index (χ2v) is 4.20. The zero-order chi connectivity index (χ0) is 13.9. The molecule has 0 saturated carbocycles. The zero-order valence-electron chi connectivity index (χ0n) is 10.3. The van der Waals surface area contributed by atoms with E-state index < -0.39 is 11.7 Å². The summed E-state index contributed by atoms with van der Waals surface area (Å²) in [4.78, 5) is 4.27. The average molecular weight is 266 g/mol. The lowest BCUT2D eigenvalue weighted by Gasteiger charge is -2.10. The van der Waals surface area contributed by atoms with Crippen molar-refractivity contribution in [1.29, 1.82) is 0 Å². The number of aryl methyl sites for hydroxylation is 1. The van der Waals surface area contributed by atoms with Crippen molar-refractivity contribution in [2.75, 3.05) is 5.32 Å². The molecule has 0 unspecified atom stereocenters. The Morgan fingerprint density at radius 3 is 2.53 bits per heavy atom. The maximum Gasteiger partial charge on any atom is 0.416 e. The number of nitrogens with one attached hydrogen (secondary N) is 1. The highest BCUT2D eigenvalue weighted by Gasteiger charge is 2.30. The Kier molecular flexibility index (Phi) is 3.74. The summed E-state index contributed by atoms with van der Waals surface area (Å²) in [6, 6.07) is 10.7. The SMILES string of the molecule is Cc1cccc(CNc2cccc(C(F)(F)F)c2)n1. The number of aromatic nitrogens is 1. The van der Waals surface area contributed by atoms with Gasteiger partial charge in [0.2, 0.25) is 0 Å². The minimum Gasteiger partial charge on any atom is -0.379 e. The first kappa shape index (κ1) is 13.4. The lowest BCUT2D eigenvalue weighted by molar-refractivity contribution is -0.137. The molecule has 0 aliphatic rings. The van der Waals surface area contributed by atoms with Crippen LogP contribution in [0, 0.1) is 6.92 Å². The van der Waals surface area contributed by atoms with Crippen molar-refractivity contribution in [2.45, 2.75) is 19.6 Å². The molecule has 0 aliphatic heterocycles. The van der Waals surface area contributed by atoms with E-state index in [1.807, 2.05) is 25.1 Å². The Morgan fingerprint density at radius 1 is 1.11 bits per heavy atom. The molecule has 0 amide bonds. The Labute approximate surface area is 109 Å². The maximum absolute atomic E-state index is 12.5. The van der Waals surface area contributed by atoms with E-state index in [2.05, 4.69) is 10.3 Å². The summed E-state index contributed by atoms with van der Waals surface area (Å²) in [5, 5.41) is 2.94. The molecule has 2 nitrogen and oxygen atoms in total. The summed E-state index contributed by atoms with van der Waals surface area (Å²) in [6.07, 6.45) is -4.32. The summed E-state index contributed by atoms with van der Waals surface area (Å²) < 4.78 is 37.6. The lowest BCUT2D eigenvalue weighted by atomic mass is 10.2. The van der Waals surface area contributed by atoms with Gasteiger partial charge < -0.3 is 5.32 Å². The predicted molar refractivity (Wildman–Crippen MR) is 67.7 cm³/mol. The molecule has 0 spiro atoms. The number of halogens is 3. The number of nitrogens with zero attached hydrogens (tertiary/aromatic N) is 1. The Morgan fingerprint density at radius 2 is 1.84 bits per heavy atom. The number of benzene rings is 1. The van der Waals surface area contributed by atoms with Gasteiger partial charge in [0.15, 0.2) is 0 Å². The monoisotopic (exact) mass is 266 g/mol. The Balaban J connectivity index is 2.08. The lowest BCUT2D eigenvalue weighted by Crippen LogP contribution is -2.07. The van der Waals surface area contributed by atoms with Crippen LogP contribution in [0.15, 0.2) is 42.5 Å². The fourth-order valence-corrected chi connectivity index (χ4v) is 1.70. The van der Waals surface area contributed by atoms with Crippen LogP contribution in [0.1, 0.15) is 17.0 Å². The van der Waals surface area contributed by atoms with E-state index >= 15 is 0 Å². The van der Waals surface area contributed by atoms with Gasteiger partial charge in [0, 0.05) is 11.4 Å². The molecule has 19 heavy (non-hydrogen) atoms. The Bertz CT molecular complexity index is 565. The predicted octanol–water partition coefficient (Wildman–Crippen LogP) is 4.02. The number of hydrogen-bond acceptors (Lipinski definition) is 2. The number of alkyl halides is 3. The molecule has 0 saturated heterocycles. The quantitative estimate of drug-likeness (QED) is 0.907. The van der Waals surface area contributed by atoms with Crippen LogP contribution >= 0.6 is 0 Å². The summed E-state index contributed by atoms with van der Waals surface area (Å²) in [7, 11) is 0. The second kappa shape index (κ2) is 5.30. The van der Waals surface area contributed by atoms with Gasteiger partial charge in [0.25, 0.3) is 0 Å². The largest absolute Gasteiger partial charge is 0.416 e. The smallest absolute Gasteiger partial charge is 0.379 e. The molecule has 0 fully saturated rings. The molecule has 2 rings (SSSR count). The van der Waals surface area contributed by atoms with E-state index in [-0.39, 0.29) is 0 Å². The van der Waals surface area contributed by atoms with Gasteiger partial charge in [-0.05, 0) is 37.3 Å². The number of pyridine rings is 1. The van der Waals surface area contributed by atoms with E-state index in [0.717, 1.165) is 23.5 Å². The van der Waals surface area contributed by atoms with Crippen LogP contribution in [0.5, 0.6) is 0 Å². The van der Waals surface area contributed by atoms with E-state index in [4.69, 9.17) is 0 Å². The summed E-state index contributed by atoms with van der Waals surface area (Å²) in [5.74, 6) is 0. The van der Waals surface area contributed by atoms with Gasteiger partial charge >= 0.3 is 6.18 Å². The third-order valence-corrected chi connectivity index (χ3v) is 2.61. The van der Waals surface area contributed by atoms with Crippen molar-refractivity contribution in [3.05, 3.63) is 59.4 Å². The fourth-order valence-electron chi connectivity index (χ4n) is 1.70. The number of anilines is 1. The van der Waals surface area contributed by atoms with Crippen molar-refractivity contribution < 1.29 is 13.2 Å². The molecule has 1 aromatic heterocycles. The highest BCUT2D eigenvalue weighted by molar-refractivity contribution is 5.46. The molecule has 0 bridgehead atoms. The molecule has 0 atom stereocenters. The molecule has 100 valence electrons. The van der Waals surface area contributed by atoms with E-state index in [9.17, 15) is 13.2 Å². The van der Waals surface area contributed by atoms with E-state index in [1.165, 1.54) is 6.07 Å². The first-order chi connectivity index (χ1) is 8.95. The second-order valence-electron chi connectivity index (χ2n) is 4.20. The average Bonchev–Trinajstić information content (AvgIpc) is 2.36. The molecule has 5 heteroatoms. The standard InChI is InChI=1S/C14H13F3N2/c1-10-4-2-7-13(19-10)9-18-12-6-3-5-11(8-12)14(15,16)17/h2-8,18H,9H2,1H3. The van der Waals surface area contributed by atoms with Crippen molar-refractivity contribution in [3.8, 4) is 0 Å².